The van der Waals surface area contributed by atoms with Crippen LogP contribution in [-0.2, 0) is 4.79 Å². The van der Waals surface area contributed by atoms with Gasteiger partial charge in [-0.05, 0) is 12.5 Å². The van der Waals surface area contributed by atoms with E-state index in [0.29, 0.717) is 6.54 Å². The molecule has 1 amide bonds. The Hall–Kier alpha value is -2.36. The molecule has 3 aliphatic heterocycles. The van der Waals surface area contributed by atoms with E-state index in [2.05, 4.69) is 15.1 Å². The Morgan fingerprint density at radius 2 is 1.97 bits per heavy atom. The number of pyridine rings is 1. The minimum absolute atomic E-state index is 0.0739. The van der Waals surface area contributed by atoms with Crippen molar-refractivity contribution in [2.45, 2.75) is 24.3 Å². The van der Waals surface area contributed by atoms with Gasteiger partial charge in [-0.3, -0.25) is 14.2 Å². The Kier molecular flexibility index (Phi) is 3.52. The topological polar surface area (TPSA) is 71.3 Å². The zero-order valence-electron chi connectivity index (χ0n) is 15.4. The first-order valence-electron chi connectivity index (χ1n) is 9.84. The highest BCUT2D eigenvalue weighted by Gasteiger charge is 2.72. The first-order valence-corrected chi connectivity index (χ1v) is 10.7. The van der Waals surface area contributed by atoms with Gasteiger partial charge in [0.05, 0.1) is 11.8 Å². The van der Waals surface area contributed by atoms with E-state index in [9.17, 15) is 18.4 Å². The van der Waals surface area contributed by atoms with Crippen LogP contribution in [0.15, 0.2) is 28.5 Å². The SMILES string of the molecule is O=C([C@H]1[C@@H]2C[C@@H](CN(c3nncs3)C2)c2cccc(=O)n21)N1CC2C(C1)C2(F)F. The number of piperidine rings is 2. The van der Waals surface area contributed by atoms with E-state index in [-0.39, 0.29) is 36.4 Å². The molecule has 2 unspecified atom stereocenters. The normalized spacial score (nSPS) is 33.9. The van der Waals surface area contributed by atoms with Crippen molar-refractivity contribution in [2.24, 2.45) is 17.8 Å². The van der Waals surface area contributed by atoms with Gasteiger partial charge in [-0.1, -0.05) is 17.4 Å². The standard InChI is InChI=1S/C19H19F2N5O2S/c20-19(21)12-7-24(8-13(12)19)17(28)16-11-4-10(14-2-1-3-15(27)26(14)16)5-25(6-11)18-23-22-9-29-18/h1-3,9-13,16H,4-8H2/t10-,11+,12?,13?,16+/m0/s1. The lowest BCUT2D eigenvalue weighted by molar-refractivity contribution is -0.138. The number of rotatable bonds is 2. The highest BCUT2D eigenvalue weighted by Crippen LogP contribution is 2.59. The Bertz CT molecular complexity index is 1030. The number of halogens is 2. The summed E-state index contributed by atoms with van der Waals surface area (Å²) >= 11 is 1.45. The van der Waals surface area contributed by atoms with Crippen LogP contribution in [0, 0.1) is 17.8 Å². The first kappa shape index (κ1) is 17.5. The van der Waals surface area contributed by atoms with E-state index in [1.54, 1.807) is 21.0 Å². The third-order valence-corrected chi connectivity index (χ3v) is 7.78. The van der Waals surface area contributed by atoms with Crippen LogP contribution in [0.3, 0.4) is 0 Å². The smallest absolute Gasteiger partial charge is 0.258 e. The van der Waals surface area contributed by atoms with Gasteiger partial charge in [-0.15, -0.1) is 10.2 Å². The summed E-state index contributed by atoms with van der Waals surface area (Å²) in [7, 11) is 0. The van der Waals surface area contributed by atoms with Gasteiger partial charge in [-0.25, -0.2) is 8.78 Å². The molecule has 3 fully saturated rings. The van der Waals surface area contributed by atoms with Crippen LogP contribution < -0.4 is 10.5 Å². The average Bonchev–Trinajstić information content (AvgIpc) is 3.21. The third-order valence-electron chi connectivity index (χ3n) is 7.03. The molecule has 152 valence electrons. The van der Waals surface area contributed by atoms with Gasteiger partial charge in [0, 0.05) is 49.8 Å². The van der Waals surface area contributed by atoms with Crippen molar-refractivity contribution in [3.05, 3.63) is 39.8 Å². The fourth-order valence-electron chi connectivity index (χ4n) is 5.59. The van der Waals surface area contributed by atoms with E-state index in [4.69, 9.17) is 0 Å². The zero-order chi connectivity index (χ0) is 19.9. The van der Waals surface area contributed by atoms with Crippen LogP contribution in [0.2, 0.25) is 0 Å². The molecule has 10 heteroatoms. The number of likely N-dealkylation sites (tertiary alicyclic amines) is 1. The Balaban J connectivity index is 1.37. The summed E-state index contributed by atoms with van der Waals surface area (Å²) in [5, 5.41) is 8.89. The zero-order valence-corrected chi connectivity index (χ0v) is 16.3. The third kappa shape index (κ3) is 2.44. The Morgan fingerprint density at radius 3 is 2.69 bits per heavy atom. The summed E-state index contributed by atoms with van der Waals surface area (Å²) in [6.07, 6.45) is 0.798. The molecule has 2 bridgehead atoms. The summed E-state index contributed by atoms with van der Waals surface area (Å²) < 4.78 is 28.9. The molecule has 0 spiro atoms. The van der Waals surface area contributed by atoms with E-state index in [0.717, 1.165) is 23.8 Å². The number of carbonyl (C=O) groups excluding carboxylic acids is 1. The lowest BCUT2D eigenvalue weighted by atomic mass is 9.78. The summed E-state index contributed by atoms with van der Waals surface area (Å²) in [5.74, 6) is -4.24. The minimum atomic E-state index is -2.64. The number of amides is 1. The molecule has 2 aromatic heterocycles. The van der Waals surface area contributed by atoms with Crippen LogP contribution in [0.25, 0.3) is 0 Å². The second-order valence-electron chi connectivity index (χ2n) is 8.55. The fourth-order valence-corrected chi connectivity index (χ4v) is 6.17. The number of aromatic nitrogens is 3. The van der Waals surface area contributed by atoms with Crippen molar-refractivity contribution < 1.29 is 13.6 Å². The monoisotopic (exact) mass is 419 g/mol. The molecule has 29 heavy (non-hydrogen) atoms. The predicted molar refractivity (Wildman–Crippen MR) is 101 cm³/mol. The van der Waals surface area contributed by atoms with Crippen LogP contribution >= 0.6 is 11.3 Å². The van der Waals surface area contributed by atoms with Gasteiger partial charge < -0.3 is 9.80 Å². The molecule has 4 aliphatic rings. The molecule has 7 nitrogen and oxygen atoms in total. The predicted octanol–water partition coefficient (Wildman–Crippen LogP) is 1.59. The maximum absolute atomic E-state index is 13.6. The van der Waals surface area contributed by atoms with E-state index >= 15 is 0 Å². The number of fused-ring (bicyclic) bond motifs is 5. The molecule has 0 aromatic carbocycles. The van der Waals surface area contributed by atoms with Gasteiger partial charge >= 0.3 is 0 Å². The number of anilines is 1. The summed E-state index contributed by atoms with van der Waals surface area (Å²) in [5.41, 5.74) is 2.32. The fraction of sp³-hybridized carbons (Fsp3) is 0.579. The molecular weight excluding hydrogens is 400 g/mol. The van der Waals surface area contributed by atoms with Crippen molar-refractivity contribution in [3.63, 3.8) is 0 Å². The average molecular weight is 419 g/mol. The lowest BCUT2D eigenvalue weighted by Crippen LogP contribution is -2.54. The largest absolute Gasteiger partial charge is 0.346 e. The van der Waals surface area contributed by atoms with Crippen molar-refractivity contribution in [1.29, 1.82) is 0 Å². The molecule has 5 heterocycles. The Labute approximate surface area is 168 Å². The first-order chi connectivity index (χ1) is 13.9. The van der Waals surface area contributed by atoms with Crippen molar-refractivity contribution in [1.82, 2.24) is 19.7 Å². The van der Waals surface area contributed by atoms with Crippen LogP contribution in [0.1, 0.15) is 24.1 Å². The van der Waals surface area contributed by atoms with Gasteiger partial charge in [0.2, 0.25) is 11.0 Å². The number of alkyl halides is 2. The molecule has 6 rings (SSSR count). The van der Waals surface area contributed by atoms with Crippen molar-refractivity contribution in [3.8, 4) is 0 Å². The Morgan fingerprint density at radius 1 is 1.17 bits per heavy atom. The second-order valence-corrected chi connectivity index (χ2v) is 9.37. The molecule has 0 radical (unpaired) electrons. The van der Waals surface area contributed by atoms with Gasteiger partial charge in [0.1, 0.15) is 11.6 Å². The lowest BCUT2D eigenvalue weighted by Gasteiger charge is -2.47. The highest BCUT2D eigenvalue weighted by molar-refractivity contribution is 7.13. The second kappa shape index (κ2) is 5.84. The van der Waals surface area contributed by atoms with E-state index in [1.165, 1.54) is 17.4 Å². The van der Waals surface area contributed by atoms with Crippen molar-refractivity contribution >= 4 is 22.4 Å². The van der Waals surface area contributed by atoms with Crippen LogP contribution in [0.5, 0.6) is 0 Å². The number of hydrogen-bond acceptors (Lipinski definition) is 6. The maximum atomic E-state index is 13.6. The maximum Gasteiger partial charge on any atom is 0.258 e. The molecular formula is C19H19F2N5O2S. The molecule has 0 N–H and O–H groups in total. The summed E-state index contributed by atoms with van der Waals surface area (Å²) in [6.45, 7) is 1.48. The van der Waals surface area contributed by atoms with E-state index in [1.807, 2.05) is 6.07 Å². The molecule has 1 saturated carbocycles. The van der Waals surface area contributed by atoms with Crippen molar-refractivity contribution in [2.75, 3.05) is 31.1 Å². The molecule has 2 aromatic rings. The molecule has 5 atom stereocenters. The van der Waals surface area contributed by atoms with Gasteiger partial charge in [-0.2, -0.15) is 0 Å². The molecule has 1 aliphatic carbocycles. The number of carbonyl (C=O) groups is 1. The van der Waals surface area contributed by atoms with E-state index < -0.39 is 23.8 Å². The van der Waals surface area contributed by atoms with Crippen LogP contribution in [-0.4, -0.2) is 57.7 Å². The number of nitrogens with zero attached hydrogens (tertiary/aromatic N) is 5. The van der Waals surface area contributed by atoms with Gasteiger partial charge in [0.15, 0.2) is 0 Å². The summed E-state index contributed by atoms with van der Waals surface area (Å²) in [6, 6.07) is 4.45. The summed E-state index contributed by atoms with van der Waals surface area (Å²) in [4.78, 5) is 29.9. The number of hydrogen-bond donors (Lipinski definition) is 0. The van der Waals surface area contributed by atoms with Gasteiger partial charge in [0.25, 0.3) is 11.5 Å². The highest BCUT2D eigenvalue weighted by atomic mass is 32.1. The van der Waals surface area contributed by atoms with Crippen LogP contribution in [0.4, 0.5) is 13.9 Å². The molecule has 2 saturated heterocycles. The minimum Gasteiger partial charge on any atom is -0.346 e. The quantitative estimate of drug-likeness (QED) is 0.739.